The van der Waals surface area contributed by atoms with E-state index in [4.69, 9.17) is 19.4 Å². The molecule has 0 bridgehead atoms. The van der Waals surface area contributed by atoms with Crippen molar-refractivity contribution in [1.29, 1.82) is 5.26 Å². The Morgan fingerprint density at radius 1 is 1.20 bits per heavy atom. The molecular weight excluding hydrogens is 464 g/mol. The van der Waals surface area contributed by atoms with Gasteiger partial charge in [-0.15, -0.1) is 5.53 Å². The Balaban J connectivity index is 1.45. The molecule has 10 heteroatoms. The Bertz CT molecular complexity index is 1380. The largest absolute Gasteiger partial charge is 0.381 e. The van der Waals surface area contributed by atoms with Crippen LogP contribution in [0.5, 0.6) is 0 Å². The Kier molecular flexibility index (Phi) is 5.24. The van der Waals surface area contributed by atoms with Gasteiger partial charge in [0.1, 0.15) is 19.7 Å². The molecule has 0 saturated heterocycles. The van der Waals surface area contributed by atoms with Crippen LogP contribution < -0.4 is 21.6 Å². The number of nitriles is 1. The summed E-state index contributed by atoms with van der Waals surface area (Å²) in [5.41, 5.74) is 8.84. The third-order valence-electron chi connectivity index (χ3n) is 6.57. The maximum Gasteiger partial charge on any atom is 0.123 e. The average molecular weight is 486 g/mol. The first kappa shape index (κ1) is 22.0. The standard InChI is InChI=1S/C25H22BClFN7/c26-25(15-1-3-16(28)4-2-15,22-13-35(34-33-22)19-7-8-19)32-18-9-20-23(31-17-5-6-17)14(11-29)12-30-24(20)21(27)10-18/h1-4,9-10,12-13,17,19,32-34H,5-8H2,(H,30,31). The molecule has 2 heterocycles. The fourth-order valence-electron chi connectivity index (χ4n) is 4.32. The number of hydrogen-bond acceptors (Lipinski definition) is 7. The molecule has 2 radical (unpaired) electrons. The van der Waals surface area contributed by atoms with Crippen LogP contribution in [0.15, 0.2) is 54.5 Å². The number of aromatic nitrogens is 1. The zero-order valence-corrected chi connectivity index (χ0v) is 19.5. The quantitative estimate of drug-likeness (QED) is 0.372. The molecule has 4 N–H and O–H groups in total. The van der Waals surface area contributed by atoms with Crippen molar-refractivity contribution in [2.24, 2.45) is 0 Å². The first-order valence-electron chi connectivity index (χ1n) is 11.6. The molecule has 1 unspecified atom stereocenters. The first-order chi connectivity index (χ1) is 16.9. The minimum Gasteiger partial charge on any atom is -0.381 e. The highest BCUT2D eigenvalue weighted by molar-refractivity contribution is 6.36. The third-order valence-corrected chi connectivity index (χ3v) is 6.85. The van der Waals surface area contributed by atoms with Crippen molar-refractivity contribution in [2.75, 3.05) is 10.6 Å². The van der Waals surface area contributed by atoms with Crippen LogP contribution >= 0.6 is 11.6 Å². The molecule has 1 aliphatic heterocycles. The maximum atomic E-state index is 13.7. The summed E-state index contributed by atoms with van der Waals surface area (Å²) in [6.45, 7) is 0. The lowest BCUT2D eigenvalue weighted by Gasteiger charge is -2.34. The second-order valence-electron chi connectivity index (χ2n) is 9.29. The molecule has 35 heavy (non-hydrogen) atoms. The zero-order chi connectivity index (χ0) is 24.2. The van der Waals surface area contributed by atoms with Crippen molar-refractivity contribution in [2.45, 2.75) is 43.2 Å². The topological polar surface area (TPSA) is 88.0 Å². The monoisotopic (exact) mass is 485 g/mol. The van der Waals surface area contributed by atoms with E-state index in [0.29, 0.717) is 45.1 Å². The molecule has 7 nitrogen and oxygen atoms in total. The van der Waals surface area contributed by atoms with Crippen LogP contribution in [-0.4, -0.2) is 29.9 Å². The fourth-order valence-corrected chi connectivity index (χ4v) is 4.59. The zero-order valence-electron chi connectivity index (χ0n) is 18.8. The van der Waals surface area contributed by atoms with Crippen LogP contribution in [0.3, 0.4) is 0 Å². The van der Waals surface area contributed by atoms with Gasteiger partial charge in [0.2, 0.25) is 0 Å². The van der Waals surface area contributed by atoms with E-state index in [1.54, 1.807) is 24.4 Å². The molecule has 2 fully saturated rings. The highest BCUT2D eigenvalue weighted by Gasteiger charge is 2.38. The molecule has 1 atom stereocenters. The van der Waals surface area contributed by atoms with Crippen LogP contribution in [0.25, 0.3) is 10.9 Å². The number of hydrogen-bond donors (Lipinski definition) is 4. The summed E-state index contributed by atoms with van der Waals surface area (Å²) in [6.07, 6.45) is 7.80. The molecule has 2 aliphatic carbocycles. The highest BCUT2D eigenvalue weighted by atomic mass is 35.5. The number of nitrogens with zero attached hydrogens (tertiary/aromatic N) is 3. The summed E-state index contributed by atoms with van der Waals surface area (Å²) in [7, 11) is 7.01. The molecule has 3 aliphatic rings. The average Bonchev–Trinajstić information content (AvgIpc) is 3.79. The van der Waals surface area contributed by atoms with Gasteiger partial charge in [-0.3, -0.25) is 9.99 Å². The van der Waals surface area contributed by atoms with E-state index in [0.717, 1.165) is 36.8 Å². The van der Waals surface area contributed by atoms with Crippen molar-refractivity contribution in [1.82, 2.24) is 21.0 Å². The van der Waals surface area contributed by atoms with Gasteiger partial charge in [-0.2, -0.15) is 5.26 Å². The van der Waals surface area contributed by atoms with Crippen molar-refractivity contribution in [3.8, 4) is 6.07 Å². The van der Waals surface area contributed by atoms with Crippen molar-refractivity contribution >= 4 is 41.7 Å². The minimum absolute atomic E-state index is 0.336. The molecule has 1 aromatic heterocycles. The smallest absolute Gasteiger partial charge is 0.123 e. The normalized spacial score (nSPS) is 19.0. The fraction of sp³-hybridized carbons (Fsp3) is 0.280. The number of halogens is 2. The van der Waals surface area contributed by atoms with Gasteiger partial charge in [0.25, 0.3) is 0 Å². The van der Waals surface area contributed by atoms with Crippen LogP contribution in [0.1, 0.15) is 36.8 Å². The summed E-state index contributed by atoms with van der Waals surface area (Å²) in [5.74, 6) is -0.346. The van der Waals surface area contributed by atoms with E-state index < -0.39 is 5.44 Å². The second-order valence-corrected chi connectivity index (χ2v) is 9.70. The Morgan fingerprint density at radius 2 is 1.97 bits per heavy atom. The van der Waals surface area contributed by atoms with Crippen molar-refractivity contribution in [3.05, 3.63) is 76.5 Å². The maximum absolute atomic E-state index is 13.7. The van der Waals surface area contributed by atoms with Crippen LogP contribution in [0.2, 0.25) is 5.02 Å². The van der Waals surface area contributed by atoms with Gasteiger partial charge in [-0.1, -0.05) is 23.7 Å². The summed E-state index contributed by atoms with van der Waals surface area (Å²) < 4.78 is 13.7. The molecule has 3 aromatic rings. The highest BCUT2D eigenvalue weighted by Crippen LogP contribution is 2.39. The van der Waals surface area contributed by atoms with Gasteiger partial charge in [0, 0.05) is 35.6 Å². The van der Waals surface area contributed by atoms with E-state index in [2.05, 4.69) is 32.6 Å². The number of rotatable bonds is 7. The molecule has 0 amide bonds. The molecular formula is C25H22BClFN7. The SMILES string of the molecule is [B]C(Nc1cc(Cl)c2ncc(C#N)c(NC3CC3)c2c1)(C1=CN(C2CC2)NN1)c1ccc(F)cc1. The van der Waals surface area contributed by atoms with Crippen LogP contribution in [0, 0.1) is 17.1 Å². The van der Waals surface area contributed by atoms with E-state index >= 15 is 0 Å². The predicted molar refractivity (Wildman–Crippen MR) is 135 cm³/mol. The van der Waals surface area contributed by atoms with Crippen molar-refractivity contribution in [3.63, 3.8) is 0 Å². The number of nitrogens with one attached hydrogen (secondary N) is 4. The number of benzene rings is 2. The number of hydrazine groups is 2. The van der Waals surface area contributed by atoms with E-state index in [-0.39, 0.29) is 5.82 Å². The number of fused-ring (bicyclic) bond motifs is 1. The lowest BCUT2D eigenvalue weighted by molar-refractivity contribution is 0.260. The van der Waals surface area contributed by atoms with E-state index in [1.807, 2.05) is 17.3 Å². The summed E-state index contributed by atoms with van der Waals surface area (Å²) in [5, 5.41) is 19.7. The Hall–Kier alpha value is -3.48. The van der Waals surface area contributed by atoms with E-state index in [9.17, 15) is 9.65 Å². The molecule has 0 spiro atoms. The first-order valence-corrected chi connectivity index (χ1v) is 12.0. The molecule has 2 saturated carbocycles. The lowest BCUT2D eigenvalue weighted by atomic mass is 9.69. The van der Waals surface area contributed by atoms with Gasteiger partial charge >= 0.3 is 0 Å². The lowest BCUT2D eigenvalue weighted by Crippen LogP contribution is -2.45. The third kappa shape index (κ3) is 4.13. The molecule has 2 aromatic carbocycles. The number of pyridine rings is 1. The van der Waals surface area contributed by atoms with Gasteiger partial charge < -0.3 is 16.1 Å². The van der Waals surface area contributed by atoms with Crippen LogP contribution in [0.4, 0.5) is 15.8 Å². The Labute approximate surface area is 208 Å². The number of anilines is 2. The predicted octanol–water partition coefficient (Wildman–Crippen LogP) is 4.24. The summed E-state index contributed by atoms with van der Waals surface area (Å²) in [6, 6.07) is 12.7. The van der Waals surface area contributed by atoms with Crippen molar-refractivity contribution < 1.29 is 4.39 Å². The summed E-state index contributed by atoms with van der Waals surface area (Å²) >= 11 is 6.66. The Morgan fingerprint density at radius 3 is 2.66 bits per heavy atom. The van der Waals surface area contributed by atoms with Gasteiger partial charge in [-0.25, -0.2) is 4.39 Å². The minimum atomic E-state index is -1.23. The molecule has 6 rings (SSSR count). The van der Waals surface area contributed by atoms with Gasteiger partial charge in [0.05, 0.1) is 32.9 Å². The van der Waals surface area contributed by atoms with E-state index in [1.165, 1.54) is 12.1 Å². The van der Waals surface area contributed by atoms with Crippen LogP contribution in [-0.2, 0) is 5.44 Å². The van der Waals surface area contributed by atoms with Gasteiger partial charge in [0.15, 0.2) is 0 Å². The molecule has 174 valence electrons. The summed E-state index contributed by atoms with van der Waals surface area (Å²) in [4.78, 5) is 4.42. The second kappa shape index (κ2) is 8.33. The van der Waals surface area contributed by atoms with Gasteiger partial charge in [-0.05, 0) is 55.5 Å².